The van der Waals surface area contributed by atoms with Gasteiger partial charge in [-0.1, -0.05) is 64.0 Å². The minimum atomic E-state index is -1.11. The fraction of sp³-hybridized carbons (Fsp3) is 0.826. The molecule has 0 saturated heterocycles. The van der Waals surface area contributed by atoms with Crippen LogP contribution in [0, 0.1) is 5.92 Å². The number of allylic oxidation sites excluding steroid dienone is 1. The van der Waals surface area contributed by atoms with Crippen LogP contribution in [0.3, 0.4) is 0 Å². The number of carbonyl (C=O) groups is 2. The van der Waals surface area contributed by atoms with Crippen molar-refractivity contribution < 1.29 is 29.6 Å². The van der Waals surface area contributed by atoms with Crippen molar-refractivity contribution in [1.29, 1.82) is 0 Å². The molecule has 0 bridgehead atoms. The van der Waals surface area contributed by atoms with Crippen LogP contribution in [0.4, 0.5) is 0 Å². The molecule has 6 nitrogen and oxygen atoms in total. The number of Topliss-reactive ketones (excluding diaryl/α,β-unsaturated/α-hetero) is 1. The number of ketones is 1. The lowest BCUT2D eigenvalue weighted by molar-refractivity contribution is -0.155. The van der Waals surface area contributed by atoms with E-state index >= 15 is 0 Å². The van der Waals surface area contributed by atoms with Gasteiger partial charge in [-0.05, 0) is 39.0 Å². The number of unbranched alkanes of at least 4 members (excludes halogenated alkanes) is 7. The summed E-state index contributed by atoms with van der Waals surface area (Å²) in [7, 11) is 0. The Bertz CT molecular complexity index is 449. The smallest absolute Gasteiger partial charge is 0.316 e. The van der Waals surface area contributed by atoms with E-state index < -0.39 is 24.6 Å². The topological polar surface area (TPSA) is 104 Å². The lowest BCUT2D eigenvalue weighted by Crippen LogP contribution is -2.29. The molecule has 0 aliphatic rings. The second kappa shape index (κ2) is 18.8. The summed E-state index contributed by atoms with van der Waals surface area (Å²) in [5, 5.41) is 27.8. The Hall–Kier alpha value is -1.24. The van der Waals surface area contributed by atoms with E-state index in [1.54, 1.807) is 0 Å². The van der Waals surface area contributed by atoms with Crippen molar-refractivity contribution in [2.45, 2.75) is 103 Å². The number of ether oxygens (including phenoxy) is 1. The molecular formula is C23H42O6. The van der Waals surface area contributed by atoms with Crippen molar-refractivity contribution in [2.24, 2.45) is 5.92 Å². The van der Waals surface area contributed by atoms with Crippen molar-refractivity contribution in [3.8, 4) is 0 Å². The molecule has 0 saturated carbocycles. The molecule has 0 aromatic rings. The van der Waals surface area contributed by atoms with E-state index in [2.05, 4.69) is 19.1 Å². The summed E-state index contributed by atoms with van der Waals surface area (Å²) in [6.07, 6.45) is 14.4. The molecule has 29 heavy (non-hydrogen) atoms. The van der Waals surface area contributed by atoms with Gasteiger partial charge >= 0.3 is 5.97 Å². The molecule has 0 spiro atoms. The second-order valence-electron chi connectivity index (χ2n) is 7.83. The lowest BCUT2D eigenvalue weighted by Gasteiger charge is -2.14. The molecule has 0 aromatic heterocycles. The minimum absolute atomic E-state index is 0.232. The van der Waals surface area contributed by atoms with Crippen LogP contribution in [0.2, 0.25) is 0 Å². The molecule has 0 amide bonds. The Balaban J connectivity index is 3.79. The van der Waals surface area contributed by atoms with E-state index in [9.17, 15) is 19.8 Å². The van der Waals surface area contributed by atoms with Crippen LogP contribution >= 0.6 is 0 Å². The molecule has 0 heterocycles. The third-order valence-electron chi connectivity index (χ3n) is 4.98. The van der Waals surface area contributed by atoms with Gasteiger partial charge in [0.2, 0.25) is 0 Å². The zero-order valence-corrected chi connectivity index (χ0v) is 18.4. The van der Waals surface area contributed by atoms with Gasteiger partial charge in [0.1, 0.15) is 24.4 Å². The first-order chi connectivity index (χ1) is 13.9. The Kier molecular flexibility index (Phi) is 18.0. The molecule has 3 atom stereocenters. The summed E-state index contributed by atoms with van der Waals surface area (Å²) < 4.78 is 4.90. The number of carbonyl (C=O) groups excluding carboxylic acids is 2. The molecule has 0 aromatic carbocycles. The normalized spacial score (nSPS) is 14.7. The highest BCUT2D eigenvalue weighted by atomic mass is 16.5. The van der Waals surface area contributed by atoms with Gasteiger partial charge in [0.05, 0.1) is 12.7 Å². The van der Waals surface area contributed by atoms with E-state index in [0.717, 1.165) is 51.4 Å². The van der Waals surface area contributed by atoms with Crippen LogP contribution in [-0.2, 0) is 14.3 Å². The van der Waals surface area contributed by atoms with Crippen molar-refractivity contribution in [3.63, 3.8) is 0 Å². The van der Waals surface area contributed by atoms with Crippen LogP contribution in [-0.4, -0.2) is 52.5 Å². The molecule has 2 unspecified atom stereocenters. The Labute approximate surface area is 176 Å². The maximum atomic E-state index is 11.9. The van der Waals surface area contributed by atoms with Gasteiger partial charge in [0, 0.05) is 0 Å². The highest BCUT2D eigenvalue weighted by molar-refractivity contribution is 5.97. The number of aliphatic hydroxyl groups excluding tert-OH is 3. The van der Waals surface area contributed by atoms with E-state index in [1.807, 2.05) is 0 Å². The zero-order chi connectivity index (χ0) is 21.9. The van der Waals surface area contributed by atoms with E-state index in [4.69, 9.17) is 9.84 Å². The summed E-state index contributed by atoms with van der Waals surface area (Å²) in [5.74, 6) is -1.65. The van der Waals surface area contributed by atoms with Gasteiger partial charge in [-0.3, -0.25) is 9.59 Å². The summed E-state index contributed by atoms with van der Waals surface area (Å²) in [5.41, 5.74) is 0. The van der Waals surface area contributed by atoms with Crippen molar-refractivity contribution in [1.82, 2.24) is 0 Å². The van der Waals surface area contributed by atoms with Gasteiger partial charge in [-0.2, -0.15) is 0 Å². The van der Waals surface area contributed by atoms with Gasteiger partial charge in [-0.15, -0.1) is 0 Å². The molecular weight excluding hydrogens is 372 g/mol. The highest BCUT2D eigenvalue weighted by Crippen LogP contribution is 2.15. The molecule has 3 N–H and O–H groups in total. The van der Waals surface area contributed by atoms with Gasteiger partial charge < -0.3 is 20.1 Å². The Morgan fingerprint density at radius 2 is 1.55 bits per heavy atom. The van der Waals surface area contributed by atoms with Crippen molar-refractivity contribution in [3.05, 3.63) is 12.2 Å². The molecule has 6 heteroatoms. The second-order valence-corrected chi connectivity index (χ2v) is 7.83. The van der Waals surface area contributed by atoms with Gasteiger partial charge in [-0.25, -0.2) is 0 Å². The van der Waals surface area contributed by atoms with Crippen LogP contribution in [0.5, 0.6) is 0 Å². The first-order valence-corrected chi connectivity index (χ1v) is 11.2. The molecule has 0 radical (unpaired) electrons. The fourth-order valence-corrected chi connectivity index (χ4v) is 3.08. The largest absolute Gasteiger partial charge is 0.462 e. The fourth-order valence-electron chi connectivity index (χ4n) is 3.08. The number of hydrogen-bond donors (Lipinski definition) is 3. The molecule has 0 aliphatic heterocycles. The van der Waals surface area contributed by atoms with Crippen LogP contribution in [0.25, 0.3) is 0 Å². The van der Waals surface area contributed by atoms with Crippen LogP contribution < -0.4 is 0 Å². The maximum Gasteiger partial charge on any atom is 0.316 e. The Morgan fingerprint density at radius 1 is 0.897 bits per heavy atom. The Morgan fingerprint density at radius 3 is 2.21 bits per heavy atom. The minimum Gasteiger partial charge on any atom is -0.462 e. The summed E-state index contributed by atoms with van der Waals surface area (Å²) in [6.45, 7) is 2.78. The van der Waals surface area contributed by atoms with Crippen molar-refractivity contribution in [2.75, 3.05) is 13.2 Å². The molecule has 0 rings (SSSR count). The summed E-state index contributed by atoms with van der Waals surface area (Å²) >= 11 is 0. The number of rotatable bonds is 19. The van der Waals surface area contributed by atoms with Crippen LogP contribution in [0.15, 0.2) is 12.2 Å². The standard InChI is InChI=1S/C23H42O6/c1-3-4-5-11-14-20(26)15-12-9-7-6-8-10-13-16-22(19(2)25)23(28)29-18-21(27)17-24/h9,12,20-22,24,26-27H,3-8,10-11,13-18H2,1-2H3/b12-9-/t20-,21?,22?/m1/s1. The molecule has 0 fully saturated rings. The summed E-state index contributed by atoms with van der Waals surface area (Å²) in [4.78, 5) is 23.6. The number of aliphatic hydroxyl groups is 3. The predicted octanol–water partition coefficient (Wildman–Crippen LogP) is 3.71. The average molecular weight is 415 g/mol. The summed E-state index contributed by atoms with van der Waals surface area (Å²) in [6, 6.07) is 0. The van der Waals surface area contributed by atoms with Crippen LogP contribution in [0.1, 0.15) is 90.9 Å². The SMILES string of the molecule is CCCCCC[C@@H](O)C/C=C\CCCCCCC(C(C)=O)C(=O)OCC(O)CO. The molecule has 170 valence electrons. The zero-order valence-electron chi connectivity index (χ0n) is 18.4. The average Bonchev–Trinajstić information content (AvgIpc) is 2.70. The van der Waals surface area contributed by atoms with E-state index in [0.29, 0.717) is 6.42 Å². The predicted molar refractivity (Wildman–Crippen MR) is 114 cm³/mol. The van der Waals surface area contributed by atoms with E-state index in [1.165, 1.54) is 26.2 Å². The quantitative estimate of drug-likeness (QED) is 0.129. The third kappa shape index (κ3) is 16.3. The number of hydrogen-bond acceptors (Lipinski definition) is 6. The number of esters is 1. The third-order valence-corrected chi connectivity index (χ3v) is 4.98. The first-order valence-electron chi connectivity index (χ1n) is 11.2. The van der Waals surface area contributed by atoms with E-state index in [-0.39, 0.29) is 18.5 Å². The van der Waals surface area contributed by atoms with Gasteiger partial charge in [0.15, 0.2) is 0 Å². The van der Waals surface area contributed by atoms with Crippen molar-refractivity contribution >= 4 is 11.8 Å². The highest BCUT2D eigenvalue weighted by Gasteiger charge is 2.24. The maximum absolute atomic E-state index is 11.9. The van der Waals surface area contributed by atoms with Gasteiger partial charge in [0.25, 0.3) is 0 Å². The lowest BCUT2D eigenvalue weighted by atomic mass is 9.97. The first kappa shape index (κ1) is 27.8. The molecule has 0 aliphatic carbocycles. The monoisotopic (exact) mass is 414 g/mol.